The lowest BCUT2D eigenvalue weighted by Gasteiger charge is -2.22. The SMILES string of the molecule is Brc1ccc(CN2C=Cc3[nH]c(-c4ccc5ccccc5c4)nc3C2)cc1. The minimum atomic E-state index is 0.811. The predicted octanol–water partition coefficient (Wildman–Crippen LogP) is 5.98. The topological polar surface area (TPSA) is 31.9 Å². The number of aromatic nitrogens is 2. The van der Waals surface area contributed by atoms with E-state index in [9.17, 15) is 0 Å². The molecule has 1 aromatic heterocycles. The van der Waals surface area contributed by atoms with Crippen LogP contribution in [0.3, 0.4) is 0 Å². The zero-order valence-electron chi connectivity index (χ0n) is 14.7. The smallest absolute Gasteiger partial charge is 0.138 e. The normalized spacial score (nSPS) is 13.1. The fourth-order valence-corrected chi connectivity index (χ4v) is 3.78. The molecule has 1 aliphatic heterocycles. The number of rotatable bonds is 3. The van der Waals surface area contributed by atoms with Crippen molar-refractivity contribution in [3.8, 4) is 11.4 Å². The summed E-state index contributed by atoms with van der Waals surface area (Å²) < 4.78 is 1.11. The lowest BCUT2D eigenvalue weighted by Crippen LogP contribution is -2.19. The van der Waals surface area contributed by atoms with Gasteiger partial charge in [-0.05, 0) is 40.6 Å². The van der Waals surface area contributed by atoms with Crippen LogP contribution in [0.15, 0.2) is 77.4 Å². The van der Waals surface area contributed by atoms with Crippen LogP contribution in [0.1, 0.15) is 17.0 Å². The second-order valence-corrected chi connectivity index (χ2v) is 7.77. The van der Waals surface area contributed by atoms with Gasteiger partial charge in [-0.2, -0.15) is 0 Å². The van der Waals surface area contributed by atoms with Gasteiger partial charge in [-0.1, -0.05) is 64.5 Å². The van der Waals surface area contributed by atoms with E-state index in [0.717, 1.165) is 40.3 Å². The molecule has 0 aliphatic carbocycles. The van der Waals surface area contributed by atoms with Gasteiger partial charge in [-0.15, -0.1) is 0 Å². The van der Waals surface area contributed by atoms with Crippen LogP contribution in [0.5, 0.6) is 0 Å². The van der Waals surface area contributed by atoms with Crippen LogP contribution in [-0.2, 0) is 13.1 Å². The molecule has 5 rings (SSSR count). The Kier molecular flexibility index (Phi) is 4.06. The summed E-state index contributed by atoms with van der Waals surface area (Å²) in [6, 6.07) is 23.4. The summed E-state index contributed by atoms with van der Waals surface area (Å²) >= 11 is 3.49. The Hall–Kier alpha value is -2.85. The molecular formula is C23H18BrN3. The van der Waals surface area contributed by atoms with Crippen LogP contribution in [0.2, 0.25) is 0 Å². The van der Waals surface area contributed by atoms with Crippen LogP contribution >= 0.6 is 15.9 Å². The van der Waals surface area contributed by atoms with Gasteiger partial charge in [-0.3, -0.25) is 0 Å². The van der Waals surface area contributed by atoms with Crippen molar-refractivity contribution in [1.29, 1.82) is 0 Å². The van der Waals surface area contributed by atoms with Crippen molar-refractivity contribution in [3.05, 3.63) is 94.4 Å². The number of fused-ring (bicyclic) bond motifs is 2. The first-order valence-electron chi connectivity index (χ1n) is 8.99. The van der Waals surface area contributed by atoms with Gasteiger partial charge >= 0.3 is 0 Å². The summed E-state index contributed by atoms with van der Waals surface area (Å²) in [7, 11) is 0. The summed E-state index contributed by atoms with van der Waals surface area (Å²) in [6.07, 6.45) is 4.27. The number of halogens is 1. The van der Waals surface area contributed by atoms with Crippen molar-refractivity contribution in [3.63, 3.8) is 0 Å². The molecule has 132 valence electrons. The average Bonchev–Trinajstić information content (AvgIpc) is 3.13. The summed E-state index contributed by atoms with van der Waals surface area (Å²) in [5.74, 6) is 0.931. The minimum Gasteiger partial charge on any atom is -0.367 e. The van der Waals surface area contributed by atoms with Crippen LogP contribution in [0.4, 0.5) is 0 Å². The highest BCUT2D eigenvalue weighted by Gasteiger charge is 2.16. The largest absolute Gasteiger partial charge is 0.367 e. The number of nitrogens with zero attached hydrogens (tertiary/aromatic N) is 2. The molecule has 3 aromatic carbocycles. The van der Waals surface area contributed by atoms with Crippen molar-refractivity contribution in [2.24, 2.45) is 0 Å². The molecule has 0 saturated heterocycles. The van der Waals surface area contributed by atoms with Gasteiger partial charge in [0.2, 0.25) is 0 Å². The summed E-state index contributed by atoms with van der Waals surface area (Å²) in [5.41, 5.74) is 4.61. The molecule has 0 bridgehead atoms. The number of imidazole rings is 1. The lowest BCUT2D eigenvalue weighted by atomic mass is 10.1. The van der Waals surface area contributed by atoms with Crippen LogP contribution in [0.25, 0.3) is 28.2 Å². The molecule has 1 aliphatic rings. The Labute approximate surface area is 166 Å². The molecule has 0 fully saturated rings. The van der Waals surface area contributed by atoms with E-state index >= 15 is 0 Å². The highest BCUT2D eigenvalue weighted by atomic mass is 79.9. The number of aromatic amines is 1. The quantitative estimate of drug-likeness (QED) is 0.446. The third kappa shape index (κ3) is 3.28. The van der Waals surface area contributed by atoms with Gasteiger partial charge in [-0.25, -0.2) is 4.98 Å². The maximum Gasteiger partial charge on any atom is 0.138 e. The second-order valence-electron chi connectivity index (χ2n) is 6.85. The highest BCUT2D eigenvalue weighted by Crippen LogP contribution is 2.26. The summed E-state index contributed by atoms with van der Waals surface area (Å²) in [6.45, 7) is 1.69. The Balaban J connectivity index is 1.39. The second kappa shape index (κ2) is 6.71. The van der Waals surface area contributed by atoms with Gasteiger partial charge < -0.3 is 9.88 Å². The van der Waals surface area contributed by atoms with E-state index in [0.29, 0.717) is 0 Å². The molecule has 0 unspecified atom stereocenters. The molecule has 0 saturated carbocycles. The van der Waals surface area contributed by atoms with E-state index in [-0.39, 0.29) is 0 Å². The maximum atomic E-state index is 4.88. The fourth-order valence-electron chi connectivity index (χ4n) is 3.51. The third-order valence-electron chi connectivity index (χ3n) is 4.94. The molecule has 2 heterocycles. The van der Waals surface area contributed by atoms with E-state index in [1.807, 2.05) is 0 Å². The first-order chi connectivity index (χ1) is 13.2. The molecule has 27 heavy (non-hydrogen) atoms. The number of H-pyrrole nitrogens is 1. The van der Waals surface area contributed by atoms with Crippen molar-refractivity contribution >= 4 is 32.8 Å². The lowest BCUT2D eigenvalue weighted by molar-refractivity contribution is 0.355. The maximum absolute atomic E-state index is 4.88. The molecule has 0 atom stereocenters. The number of benzene rings is 3. The van der Waals surface area contributed by atoms with E-state index in [2.05, 4.69) is 105 Å². The summed E-state index contributed by atoms with van der Waals surface area (Å²) in [5, 5.41) is 2.48. The number of nitrogens with one attached hydrogen (secondary N) is 1. The first kappa shape index (κ1) is 16.3. The first-order valence-corrected chi connectivity index (χ1v) is 9.79. The van der Waals surface area contributed by atoms with E-state index in [4.69, 9.17) is 4.98 Å². The Bertz CT molecular complexity index is 1140. The average molecular weight is 416 g/mol. The molecule has 0 radical (unpaired) electrons. The highest BCUT2D eigenvalue weighted by molar-refractivity contribution is 9.10. The van der Waals surface area contributed by atoms with Crippen molar-refractivity contribution < 1.29 is 0 Å². The number of hydrogen-bond donors (Lipinski definition) is 1. The number of hydrogen-bond acceptors (Lipinski definition) is 2. The van der Waals surface area contributed by atoms with Crippen molar-refractivity contribution in [2.45, 2.75) is 13.1 Å². The van der Waals surface area contributed by atoms with Gasteiger partial charge in [0.1, 0.15) is 5.82 Å². The molecule has 0 spiro atoms. The van der Waals surface area contributed by atoms with Gasteiger partial charge in [0.05, 0.1) is 17.9 Å². The molecular weight excluding hydrogens is 398 g/mol. The molecule has 3 nitrogen and oxygen atoms in total. The predicted molar refractivity (Wildman–Crippen MR) is 114 cm³/mol. The van der Waals surface area contributed by atoms with Crippen molar-refractivity contribution in [2.75, 3.05) is 0 Å². The van der Waals surface area contributed by atoms with Gasteiger partial charge in [0.15, 0.2) is 0 Å². The zero-order valence-corrected chi connectivity index (χ0v) is 16.3. The van der Waals surface area contributed by atoms with Gasteiger partial charge in [0, 0.05) is 22.8 Å². The standard InChI is InChI=1S/C23H18BrN3/c24-20-9-5-16(6-10-20)14-27-12-11-21-22(15-27)26-23(25-21)19-8-7-17-3-1-2-4-18(17)13-19/h1-13H,14-15H2,(H,25,26). The molecule has 0 amide bonds. The van der Waals surface area contributed by atoms with Crippen LogP contribution in [0, 0.1) is 0 Å². The Morgan fingerprint density at radius 2 is 1.78 bits per heavy atom. The summed E-state index contributed by atoms with van der Waals surface area (Å²) in [4.78, 5) is 10.6. The molecule has 4 aromatic rings. The minimum absolute atomic E-state index is 0.811. The van der Waals surface area contributed by atoms with Crippen LogP contribution < -0.4 is 0 Å². The van der Waals surface area contributed by atoms with Gasteiger partial charge in [0.25, 0.3) is 0 Å². The Morgan fingerprint density at radius 1 is 0.963 bits per heavy atom. The fraction of sp³-hybridized carbons (Fsp3) is 0.0870. The van der Waals surface area contributed by atoms with Crippen LogP contribution in [-0.4, -0.2) is 14.9 Å². The molecule has 1 N–H and O–H groups in total. The van der Waals surface area contributed by atoms with E-state index < -0.39 is 0 Å². The third-order valence-corrected chi connectivity index (χ3v) is 5.47. The van der Waals surface area contributed by atoms with E-state index in [1.54, 1.807) is 0 Å². The monoisotopic (exact) mass is 415 g/mol. The van der Waals surface area contributed by atoms with E-state index in [1.165, 1.54) is 16.3 Å². The molecule has 4 heteroatoms. The Morgan fingerprint density at radius 3 is 2.63 bits per heavy atom. The van der Waals surface area contributed by atoms with Crippen molar-refractivity contribution in [1.82, 2.24) is 14.9 Å². The zero-order chi connectivity index (χ0) is 18.2.